The van der Waals surface area contributed by atoms with Crippen LogP contribution in [0.1, 0.15) is 53.0 Å². The van der Waals surface area contributed by atoms with Crippen molar-refractivity contribution in [2.24, 2.45) is 5.92 Å². The number of rotatable bonds is 7. The number of ether oxygens (including phenoxy) is 1. The molecule has 1 aliphatic heterocycles. The maximum absolute atomic E-state index is 13.1. The molecule has 2 fully saturated rings. The first-order valence-corrected chi connectivity index (χ1v) is 10.1. The quantitative estimate of drug-likeness (QED) is 0.751. The van der Waals surface area contributed by atoms with E-state index in [-0.39, 0.29) is 12.0 Å². The zero-order chi connectivity index (χ0) is 18.8. The lowest BCUT2D eigenvalue weighted by molar-refractivity contribution is 0.0515. The molecule has 2 aliphatic rings. The first kappa shape index (κ1) is 18.2. The van der Waals surface area contributed by atoms with Gasteiger partial charge in [0.15, 0.2) is 0 Å². The summed E-state index contributed by atoms with van der Waals surface area (Å²) in [6.45, 7) is 7.23. The molecule has 4 rings (SSSR count). The van der Waals surface area contributed by atoms with E-state index in [1.54, 1.807) is 0 Å². The molecular weight excluding hydrogens is 338 g/mol. The van der Waals surface area contributed by atoms with Gasteiger partial charge in [0.2, 0.25) is 0 Å². The molecule has 0 bridgehead atoms. The van der Waals surface area contributed by atoms with Crippen LogP contribution in [0.25, 0.3) is 0 Å². The highest BCUT2D eigenvalue weighted by Gasteiger charge is 2.30. The minimum absolute atomic E-state index is 0.134. The van der Waals surface area contributed by atoms with E-state index in [9.17, 15) is 4.79 Å². The molecule has 1 saturated heterocycles. The predicted octanol–water partition coefficient (Wildman–Crippen LogP) is 3.58. The minimum atomic E-state index is 0.134. The van der Waals surface area contributed by atoms with Crippen molar-refractivity contribution in [3.63, 3.8) is 0 Å². The van der Waals surface area contributed by atoms with Crippen LogP contribution in [0.2, 0.25) is 0 Å². The van der Waals surface area contributed by atoms with Crippen LogP contribution in [0.5, 0.6) is 0 Å². The summed E-state index contributed by atoms with van der Waals surface area (Å²) in [5.41, 5.74) is 4.11. The van der Waals surface area contributed by atoms with Crippen molar-refractivity contribution in [1.82, 2.24) is 14.7 Å². The van der Waals surface area contributed by atoms with Crippen molar-refractivity contribution < 1.29 is 9.53 Å². The fraction of sp³-hybridized carbons (Fsp3) is 0.545. The lowest BCUT2D eigenvalue weighted by Gasteiger charge is -2.25. The number of carbonyl (C=O) groups is 1. The molecule has 144 valence electrons. The monoisotopic (exact) mass is 367 g/mol. The molecule has 2 aromatic rings. The molecule has 0 unspecified atom stereocenters. The van der Waals surface area contributed by atoms with Gasteiger partial charge in [-0.2, -0.15) is 5.10 Å². The molecular formula is C22H29N3O2. The third kappa shape index (κ3) is 4.59. The number of hydrogen-bond acceptors (Lipinski definition) is 3. The van der Waals surface area contributed by atoms with Crippen molar-refractivity contribution in [2.75, 3.05) is 19.7 Å². The third-order valence-corrected chi connectivity index (χ3v) is 5.55. The van der Waals surface area contributed by atoms with Gasteiger partial charge in [0, 0.05) is 31.0 Å². The van der Waals surface area contributed by atoms with E-state index in [1.807, 2.05) is 40.8 Å². The second-order valence-electron chi connectivity index (χ2n) is 8.07. The highest BCUT2D eigenvalue weighted by Crippen LogP contribution is 2.30. The number of nitrogens with zero attached hydrogens (tertiary/aromatic N) is 3. The molecule has 27 heavy (non-hydrogen) atoms. The predicted molar refractivity (Wildman–Crippen MR) is 105 cm³/mol. The van der Waals surface area contributed by atoms with Crippen LogP contribution in [-0.2, 0) is 11.3 Å². The largest absolute Gasteiger partial charge is 0.376 e. The lowest BCUT2D eigenvalue weighted by atomic mass is 10.1. The molecule has 5 heteroatoms. The SMILES string of the molecule is Cc1cc(C)n(Cc2ccc(C(=O)N(CC3CC3)C[C@@H]3CCCO3)cc2)n1. The first-order valence-electron chi connectivity index (χ1n) is 10.1. The molecule has 1 atom stereocenters. The van der Waals surface area contributed by atoms with E-state index >= 15 is 0 Å². The van der Waals surface area contributed by atoms with Crippen molar-refractivity contribution >= 4 is 5.91 Å². The number of amides is 1. The van der Waals surface area contributed by atoms with Crippen molar-refractivity contribution in [3.8, 4) is 0 Å². The van der Waals surface area contributed by atoms with Gasteiger partial charge in [-0.3, -0.25) is 9.48 Å². The average molecular weight is 367 g/mol. The Morgan fingerprint density at radius 2 is 1.96 bits per heavy atom. The summed E-state index contributed by atoms with van der Waals surface area (Å²) in [6, 6.07) is 10.1. The van der Waals surface area contributed by atoms with Gasteiger partial charge in [0.05, 0.1) is 18.3 Å². The Labute approximate surface area is 161 Å². The van der Waals surface area contributed by atoms with Gasteiger partial charge < -0.3 is 9.64 Å². The maximum atomic E-state index is 13.1. The number of carbonyl (C=O) groups excluding carboxylic acids is 1. The summed E-state index contributed by atoms with van der Waals surface area (Å²) in [4.78, 5) is 15.1. The van der Waals surface area contributed by atoms with Crippen LogP contribution in [0.15, 0.2) is 30.3 Å². The summed E-state index contributed by atoms with van der Waals surface area (Å²) >= 11 is 0. The summed E-state index contributed by atoms with van der Waals surface area (Å²) < 4.78 is 7.77. The Balaban J connectivity index is 1.43. The molecule has 0 spiro atoms. The van der Waals surface area contributed by atoms with Crippen LogP contribution in [0.4, 0.5) is 0 Å². The van der Waals surface area contributed by atoms with Gasteiger partial charge >= 0.3 is 0 Å². The first-order chi connectivity index (χ1) is 13.1. The van der Waals surface area contributed by atoms with Crippen LogP contribution in [0.3, 0.4) is 0 Å². The summed E-state index contributed by atoms with van der Waals surface area (Å²) in [5.74, 6) is 0.815. The smallest absolute Gasteiger partial charge is 0.253 e. The molecule has 5 nitrogen and oxygen atoms in total. The van der Waals surface area contributed by atoms with Gasteiger partial charge in [-0.05, 0) is 69.2 Å². The standard InChI is InChI=1S/C22H29N3O2/c1-16-12-17(2)25(23-16)14-19-7-9-20(10-8-19)22(26)24(13-18-5-6-18)15-21-4-3-11-27-21/h7-10,12,18,21H,3-6,11,13-15H2,1-2H3/t21-/m0/s1. The summed E-state index contributed by atoms with van der Waals surface area (Å²) in [5, 5.41) is 4.52. The van der Waals surface area contributed by atoms with Gasteiger partial charge in [0.1, 0.15) is 0 Å². The molecule has 1 aromatic heterocycles. The second-order valence-corrected chi connectivity index (χ2v) is 8.07. The van der Waals surface area contributed by atoms with Crippen molar-refractivity contribution in [3.05, 3.63) is 52.8 Å². The summed E-state index contributed by atoms with van der Waals surface area (Å²) in [7, 11) is 0. The van der Waals surface area contributed by atoms with Crippen LogP contribution >= 0.6 is 0 Å². The molecule has 1 amide bonds. The Kier molecular flexibility index (Phi) is 5.30. The Morgan fingerprint density at radius 3 is 2.56 bits per heavy atom. The van der Waals surface area contributed by atoms with Crippen LogP contribution in [-0.4, -0.2) is 46.4 Å². The van der Waals surface area contributed by atoms with Gasteiger partial charge in [0.25, 0.3) is 5.91 Å². The van der Waals surface area contributed by atoms with E-state index in [2.05, 4.69) is 18.1 Å². The van der Waals surface area contributed by atoms with Crippen molar-refractivity contribution in [1.29, 1.82) is 0 Å². The highest BCUT2D eigenvalue weighted by molar-refractivity contribution is 5.94. The second kappa shape index (κ2) is 7.85. The Morgan fingerprint density at radius 1 is 1.19 bits per heavy atom. The van der Waals surface area contributed by atoms with Crippen molar-refractivity contribution in [2.45, 2.75) is 52.2 Å². The van der Waals surface area contributed by atoms with Gasteiger partial charge in [-0.15, -0.1) is 0 Å². The third-order valence-electron chi connectivity index (χ3n) is 5.55. The van der Waals surface area contributed by atoms with E-state index in [4.69, 9.17) is 4.74 Å². The zero-order valence-electron chi connectivity index (χ0n) is 16.4. The summed E-state index contributed by atoms with van der Waals surface area (Å²) in [6.07, 6.45) is 4.87. The maximum Gasteiger partial charge on any atom is 0.253 e. The van der Waals surface area contributed by atoms with Crippen LogP contribution < -0.4 is 0 Å². The fourth-order valence-corrected chi connectivity index (χ4v) is 3.83. The number of benzene rings is 1. The number of aryl methyl sites for hydroxylation is 2. The lowest BCUT2D eigenvalue weighted by Crippen LogP contribution is -2.38. The van der Waals surface area contributed by atoms with Gasteiger partial charge in [-0.1, -0.05) is 12.1 Å². The van der Waals surface area contributed by atoms with Gasteiger partial charge in [-0.25, -0.2) is 0 Å². The molecule has 1 aromatic carbocycles. The Bertz CT molecular complexity index is 786. The zero-order valence-corrected chi connectivity index (χ0v) is 16.4. The molecule has 2 heterocycles. The van der Waals surface area contributed by atoms with E-state index in [0.717, 1.165) is 61.6 Å². The number of hydrogen-bond donors (Lipinski definition) is 0. The van der Waals surface area contributed by atoms with E-state index in [0.29, 0.717) is 5.92 Å². The Hall–Kier alpha value is -2.14. The molecule has 1 aliphatic carbocycles. The fourth-order valence-electron chi connectivity index (χ4n) is 3.83. The molecule has 0 N–H and O–H groups in total. The van der Waals surface area contributed by atoms with Crippen LogP contribution in [0, 0.1) is 19.8 Å². The normalized spacial score (nSPS) is 19.4. The highest BCUT2D eigenvalue weighted by atomic mass is 16.5. The minimum Gasteiger partial charge on any atom is -0.376 e. The van der Waals surface area contributed by atoms with E-state index in [1.165, 1.54) is 12.8 Å². The molecule has 1 saturated carbocycles. The number of aromatic nitrogens is 2. The van der Waals surface area contributed by atoms with E-state index < -0.39 is 0 Å². The average Bonchev–Trinajstić information content (AvgIpc) is 3.21. The molecule has 0 radical (unpaired) electrons. The topological polar surface area (TPSA) is 47.4 Å².